The molecule has 3 N–H and O–H groups in total. The Hall–Kier alpha value is -1.02. The topological polar surface area (TPSA) is 65.9 Å². The van der Waals surface area contributed by atoms with Crippen molar-refractivity contribution in [3.05, 3.63) is 29.8 Å². The van der Waals surface area contributed by atoms with E-state index in [-0.39, 0.29) is 36.7 Å². The van der Waals surface area contributed by atoms with E-state index >= 15 is 0 Å². The van der Waals surface area contributed by atoms with Gasteiger partial charge in [-0.25, -0.2) is 4.99 Å². The van der Waals surface area contributed by atoms with Crippen molar-refractivity contribution in [2.45, 2.75) is 60.1 Å². The van der Waals surface area contributed by atoms with E-state index < -0.39 is 0 Å². The number of nitrogens with one attached hydrogen (secondary N) is 2. The van der Waals surface area contributed by atoms with Gasteiger partial charge in [-0.3, -0.25) is 0 Å². The highest BCUT2D eigenvalue weighted by Gasteiger charge is 2.11. The molecule has 0 bridgehead atoms. The molecule has 0 radical (unpaired) electrons. The van der Waals surface area contributed by atoms with Crippen LogP contribution in [0, 0.1) is 11.8 Å². The van der Waals surface area contributed by atoms with E-state index in [0.717, 1.165) is 43.2 Å². The first-order valence-electron chi connectivity index (χ1n) is 9.83. The Morgan fingerprint density at radius 2 is 1.93 bits per heavy atom. The summed E-state index contributed by atoms with van der Waals surface area (Å²) in [6, 6.07) is 8.08. The zero-order valence-corrected chi connectivity index (χ0v) is 19.8. The Morgan fingerprint density at radius 3 is 2.52 bits per heavy atom. The van der Waals surface area contributed by atoms with Crippen molar-refractivity contribution in [3.63, 3.8) is 0 Å². The fraction of sp³-hybridized carbons (Fsp3) is 0.667. The van der Waals surface area contributed by atoms with Gasteiger partial charge < -0.3 is 20.5 Å². The van der Waals surface area contributed by atoms with E-state index in [1.807, 2.05) is 32.0 Å². The van der Waals surface area contributed by atoms with Crippen molar-refractivity contribution < 1.29 is 9.84 Å². The number of halogens is 1. The summed E-state index contributed by atoms with van der Waals surface area (Å²) in [6.45, 7) is 13.0. The Bertz CT molecular complexity index is 536. The molecule has 0 aliphatic carbocycles. The van der Waals surface area contributed by atoms with Gasteiger partial charge in [-0.2, -0.15) is 0 Å². The Morgan fingerprint density at radius 1 is 1.19 bits per heavy atom. The molecule has 156 valence electrons. The van der Waals surface area contributed by atoms with Crippen molar-refractivity contribution >= 4 is 29.9 Å². The van der Waals surface area contributed by atoms with Crippen LogP contribution in [0.1, 0.15) is 53.0 Å². The van der Waals surface area contributed by atoms with Gasteiger partial charge in [-0.1, -0.05) is 26.0 Å². The monoisotopic (exact) mass is 491 g/mol. The molecule has 5 nitrogen and oxygen atoms in total. The molecule has 1 rings (SSSR count). The minimum absolute atomic E-state index is 0. The molecule has 0 fully saturated rings. The maximum Gasteiger partial charge on any atom is 0.191 e. The zero-order chi connectivity index (χ0) is 19.4. The van der Waals surface area contributed by atoms with Crippen LogP contribution in [0.5, 0.6) is 5.75 Å². The molecule has 0 amide bonds. The van der Waals surface area contributed by atoms with E-state index in [9.17, 15) is 5.11 Å². The van der Waals surface area contributed by atoms with Gasteiger partial charge >= 0.3 is 0 Å². The number of hydrogen-bond acceptors (Lipinski definition) is 3. The highest BCUT2D eigenvalue weighted by molar-refractivity contribution is 14.0. The summed E-state index contributed by atoms with van der Waals surface area (Å²) in [6.07, 6.45) is 2.08. The lowest BCUT2D eigenvalue weighted by atomic mass is 9.94. The molecule has 1 aromatic rings. The quantitative estimate of drug-likeness (QED) is 0.247. The first-order valence-corrected chi connectivity index (χ1v) is 9.83. The summed E-state index contributed by atoms with van der Waals surface area (Å²) in [7, 11) is 0. The predicted molar refractivity (Wildman–Crippen MR) is 125 cm³/mol. The number of rotatable bonds is 11. The van der Waals surface area contributed by atoms with E-state index in [0.29, 0.717) is 18.4 Å². The molecule has 0 aromatic heterocycles. The van der Waals surface area contributed by atoms with Gasteiger partial charge in [0.1, 0.15) is 5.75 Å². The second kappa shape index (κ2) is 15.0. The Labute approximate surface area is 182 Å². The predicted octanol–water partition coefficient (Wildman–Crippen LogP) is 4.19. The molecule has 1 atom stereocenters. The van der Waals surface area contributed by atoms with Gasteiger partial charge in [0, 0.05) is 19.7 Å². The summed E-state index contributed by atoms with van der Waals surface area (Å²) in [5.41, 5.74) is 1.12. The smallest absolute Gasteiger partial charge is 0.191 e. The van der Waals surface area contributed by atoms with Gasteiger partial charge in [0.25, 0.3) is 0 Å². The molecule has 27 heavy (non-hydrogen) atoms. The lowest BCUT2D eigenvalue weighted by Crippen LogP contribution is -2.40. The van der Waals surface area contributed by atoms with Crippen LogP contribution in [0.15, 0.2) is 29.3 Å². The van der Waals surface area contributed by atoms with Crippen LogP contribution in [0.3, 0.4) is 0 Å². The van der Waals surface area contributed by atoms with Gasteiger partial charge in [-0.15, -0.1) is 24.0 Å². The number of guanidine groups is 1. The third kappa shape index (κ3) is 12.1. The highest BCUT2D eigenvalue weighted by Crippen LogP contribution is 2.16. The van der Waals surface area contributed by atoms with Crippen molar-refractivity contribution in [3.8, 4) is 5.75 Å². The number of nitrogens with zero attached hydrogens (tertiary/aromatic N) is 1. The lowest BCUT2D eigenvalue weighted by molar-refractivity contribution is 0.242. The first-order chi connectivity index (χ1) is 12.4. The average Bonchev–Trinajstić information content (AvgIpc) is 2.56. The summed E-state index contributed by atoms with van der Waals surface area (Å²) in [5.74, 6) is 2.77. The van der Waals surface area contributed by atoms with E-state index in [1.165, 1.54) is 0 Å². The van der Waals surface area contributed by atoms with Crippen LogP contribution >= 0.6 is 24.0 Å². The highest BCUT2D eigenvalue weighted by atomic mass is 127. The maximum atomic E-state index is 9.27. The van der Waals surface area contributed by atoms with Crippen molar-refractivity contribution in [1.29, 1.82) is 0 Å². The molecule has 0 saturated heterocycles. The van der Waals surface area contributed by atoms with E-state index in [2.05, 4.69) is 37.5 Å². The second-order valence-electron chi connectivity index (χ2n) is 7.40. The molecule has 1 aromatic carbocycles. The molecule has 1 unspecified atom stereocenters. The molecule has 0 saturated carbocycles. The SMILES string of the molecule is CCNC(=NCc1cccc(OC(C)C)c1)NCC(CCO)CC(C)C.I. The number of benzene rings is 1. The van der Waals surface area contributed by atoms with Crippen LogP contribution in [0.4, 0.5) is 0 Å². The van der Waals surface area contributed by atoms with Gasteiger partial charge in [0.15, 0.2) is 5.96 Å². The number of ether oxygens (including phenoxy) is 1. The fourth-order valence-corrected chi connectivity index (χ4v) is 2.89. The average molecular weight is 491 g/mol. The third-order valence-electron chi connectivity index (χ3n) is 3.93. The molecular formula is C21H38IN3O2. The summed E-state index contributed by atoms with van der Waals surface area (Å²) >= 11 is 0. The maximum absolute atomic E-state index is 9.27. The van der Waals surface area contributed by atoms with E-state index in [1.54, 1.807) is 0 Å². The summed E-state index contributed by atoms with van der Waals surface area (Å²) in [5, 5.41) is 16.0. The summed E-state index contributed by atoms with van der Waals surface area (Å²) < 4.78 is 5.75. The lowest BCUT2D eigenvalue weighted by Gasteiger charge is -2.20. The number of hydrogen-bond donors (Lipinski definition) is 3. The second-order valence-corrected chi connectivity index (χ2v) is 7.40. The standard InChI is InChI=1S/C21H37N3O2.HI/c1-6-22-21(24-15-19(10-11-25)12-16(2)3)23-14-18-8-7-9-20(13-18)26-17(4)5;/h7-9,13,16-17,19,25H,6,10-12,14-15H2,1-5H3,(H2,22,23,24);1H. The van der Waals surface area contributed by atoms with Crippen molar-refractivity contribution in [2.75, 3.05) is 19.7 Å². The van der Waals surface area contributed by atoms with Crippen molar-refractivity contribution in [2.24, 2.45) is 16.8 Å². The van der Waals surface area contributed by atoms with E-state index in [4.69, 9.17) is 9.73 Å². The van der Waals surface area contributed by atoms with Crippen LogP contribution in [-0.4, -0.2) is 36.9 Å². The molecule has 0 aliphatic heterocycles. The molecule has 0 spiro atoms. The third-order valence-corrected chi connectivity index (χ3v) is 3.93. The molecular weight excluding hydrogens is 453 g/mol. The van der Waals surface area contributed by atoms with Crippen LogP contribution < -0.4 is 15.4 Å². The minimum Gasteiger partial charge on any atom is -0.491 e. The van der Waals surface area contributed by atoms with Crippen LogP contribution in [0.25, 0.3) is 0 Å². The van der Waals surface area contributed by atoms with Gasteiger partial charge in [0.05, 0.1) is 12.6 Å². The van der Waals surface area contributed by atoms with Crippen LogP contribution in [0.2, 0.25) is 0 Å². The van der Waals surface area contributed by atoms with Crippen molar-refractivity contribution in [1.82, 2.24) is 10.6 Å². The first kappa shape index (κ1) is 26.0. The van der Waals surface area contributed by atoms with Gasteiger partial charge in [-0.05, 0) is 63.1 Å². The number of aliphatic hydroxyl groups is 1. The Balaban J connectivity index is 0.00000676. The van der Waals surface area contributed by atoms with Crippen LogP contribution in [-0.2, 0) is 6.54 Å². The molecule has 0 aliphatic rings. The Kier molecular flexibility index (Phi) is 14.4. The number of aliphatic hydroxyl groups excluding tert-OH is 1. The minimum atomic E-state index is 0. The molecule has 0 heterocycles. The zero-order valence-electron chi connectivity index (χ0n) is 17.5. The largest absolute Gasteiger partial charge is 0.491 e. The summed E-state index contributed by atoms with van der Waals surface area (Å²) in [4.78, 5) is 4.69. The normalized spacial score (nSPS) is 12.7. The fourth-order valence-electron chi connectivity index (χ4n) is 2.89. The van der Waals surface area contributed by atoms with Gasteiger partial charge in [0.2, 0.25) is 0 Å². The molecule has 6 heteroatoms. The number of aliphatic imine (C=N–C) groups is 1.